The van der Waals surface area contributed by atoms with Gasteiger partial charge in [0.2, 0.25) is 0 Å². The van der Waals surface area contributed by atoms with Crippen LogP contribution in [-0.4, -0.2) is 24.5 Å². The van der Waals surface area contributed by atoms with Crippen LogP contribution in [0, 0.1) is 0 Å². The topological polar surface area (TPSA) is 29.3 Å². The predicted octanol–water partition coefficient (Wildman–Crippen LogP) is 2.20. The monoisotopic (exact) mass is 218 g/mol. The molecular formula is C14H22N2. The summed E-state index contributed by atoms with van der Waals surface area (Å²) < 4.78 is 0. The zero-order chi connectivity index (χ0) is 11.8. The third-order valence-electron chi connectivity index (χ3n) is 2.87. The third-order valence-corrected chi connectivity index (χ3v) is 2.87. The van der Waals surface area contributed by atoms with Gasteiger partial charge in [0, 0.05) is 19.6 Å². The number of nitrogens with zero attached hydrogens (tertiary/aromatic N) is 1. The molecule has 2 nitrogen and oxygen atoms in total. The van der Waals surface area contributed by atoms with Gasteiger partial charge in [-0.05, 0) is 24.1 Å². The van der Waals surface area contributed by atoms with E-state index in [2.05, 4.69) is 36.6 Å². The van der Waals surface area contributed by atoms with Crippen LogP contribution >= 0.6 is 0 Å². The molecule has 0 spiro atoms. The molecule has 0 aliphatic carbocycles. The van der Waals surface area contributed by atoms with E-state index in [-0.39, 0.29) is 0 Å². The Morgan fingerprint density at radius 1 is 1.31 bits per heavy atom. The summed E-state index contributed by atoms with van der Waals surface area (Å²) in [6.07, 6.45) is 3.02. The molecule has 0 amide bonds. The van der Waals surface area contributed by atoms with Gasteiger partial charge in [0.05, 0.1) is 0 Å². The summed E-state index contributed by atoms with van der Waals surface area (Å²) in [5, 5.41) is 0. The summed E-state index contributed by atoms with van der Waals surface area (Å²) >= 11 is 0. The van der Waals surface area contributed by atoms with Gasteiger partial charge in [0.15, 0.2) is 0 Å². The fourth-order valence-corrected chi connectivity index (χ4v) is 1.84. The van der Waals surface area contributed by atoms with E-state index in [9.17, 15) is 0 Å². The van der Waals surface area contributed by atoms with Crippen molar-refractivity contribution < 1.29 is 0 Å². The fourth-order valence-electron chi connectivity index (χ4n) is 1.84. The number of likely N-dealkylation sites (N-methyl/N-ethyl adjacent to an activating group) is 1. The van der Waals surface area contributed by atoms with Crippen molar-refractivity contribution in [2.45, 2.75) is 19.9 Å². The van der Waals surface area contributed by atoms with Crippen molar-refractivity contribution in [3.8, 4) is 0 Å². The maximum absolute atomic E-state index is 5.72. The lowest BCUT2D eigenvalue weighted by molar-refractivity contribution is 0.323. The van der Waals surface area contributed by atoms with Crippen LogP contribution in [0.4, 0.5) is 0 Å². The molecule has 88 valence electrons. The molecule has 1 rings (SSSR count). The standard InChI is InChI=1S/C14H22N2/c1-3-10-16(4-2)11-9-13-7-5-6-8-14(13)12-15/h3,5-8H,1,4,9-12,15H2,2H3. The number of benzene rings is 1. The number of hydrogen-bond donors (Lipinski definition) is 1. The van der Waals surface area contributed by atoms with Crippen molar-refractivity contribution in [3.05, 3.63) is 48.0 Å². The second-order valence-corrected chi connectivity index (χ2v) is 3.90. The Balaban J connectivity index is 2.55. The van der Waals surface area contributed by atoms with E-state index < -0.39 is 0 Å². The van der Waals surface area contributed by atoms with Gasteiger partial charge in [-0.3, -0.25) is 4.90 Å². The second kappa shape index (κ2) is 7.20. The Hall–Kier alpha value is -1.12. The predicted molar refractivity (Wildman–Crippen MR) is 70.3 cm³/mol. The molecule has 1 aromatic rings. The largest absolute Gasteiger partial charge is 0.326 e. The molecule has 2 N–H and O–H groups in total. The van der Waals surface area contributed by atoms with Crippen LogP contribution in [0.15, 0.2) is 36.9 Å². The molecule has 0 unspecified atom stereocenters. The van der Waals surface area contributed by atoms with E-state index >= 15 is 0 Å². The van der Waals surface area contributed by atoms with Crippen LogP contribution < -0.4 is 5.73 Å². The van der Waals surface area contributed by atoms with Gasteiger partial charge < -0.3 is 5.73 Å². The minimum absolute atomic E-state index is 0.629. The Bertz CT molecular complexity index is 320. The fraction of sp³-hybridized carbons (Fsp3) is 0.429. The molecule has 0 radical (unpaired) electrons. The van der Waals surface area contributed by atoms with E-state index in [1.165, 1.54) is 11.1 Å². The van der Waals surface area contributed by atoms with Gasteiger partial charge in [-0.25, -0.2) is 0 Å². The lowest BCUT2D eigenvalue weighted by atomic mass is 10.0. The average molecular weight is 218 g/mol. The van der Waals surface area contributed by atoms with E-state index in [0.29, 0.717) is 6.54 Å². The van der Waals surface area contributed by atoms with Crippen molar-refractivity contribution in [2.24, 2.45) is 5.73 Å². The van der Waals surface area contributed by atoms with E-state index in [1.807, 2.05) is 12.1 Å². The zero-order valence-corrected chi connectivity index (χ0v) is 10.2. The van der Waals surface area contributed by atoms with Gasteiger partial charge in [-0.2, -0.15) is 0 Å². The lowest BCUT2D eigenvalue weighted by Crippen LogP contribution is -2.26. The van der Waals surface area contributed by atoms with Gasteiger partial charge in [0.25, 0.3) is 0 Å². The molecule has 2 heteroatoms. The van der Waals surface area contributed by atoms with E-state index in [1.54, 1.807) is 0 Å². The molecule has 1 aromatic carbocycles. The van der Waals surface area contributed by atoms with E-state index in [0.717, 1.165) is 26.1 Å². The molecule has 0 fully saturated rings. The van der Waals surface area contributed by atoms with Crippen LogP contribution in [0.25, 0.3) is 0 Å². The Morgan fingerprint density at radius 2 is 2.00 bits per heavy atom. The Kier molecular flexibility index (Phi) is 5.83. The molecule has 0 aromatic heterocycles. The average Bonchev–Trinajstić information content (AvgIpc) is 2.34. The second-order valence-electron chi connectivity index (χ2n) is 3.90. The van der Waals surface area contributed by atoms with Crippen LogP contribution in [0.5, 0.6) is 0 Å². The number of rotatable bonds is 7. The highest BCUT2D eigenvalue weighted by atomic mass is 15.1. The summed E-state index contributed by atoms with van der Waals surface area (Å²) in [7, 11) is 0. The van der Waals surface area contributed by atoms with Crippen LogP contribution in [0.3, 0.4) is 0 Å². The molecule has 0 bridgehead atoms. The summed E-state index contributed by atoms with van der Waals surface area (Å²) in [5.41, 5.74) is 8.35. The molecule has 0 aliphatic rings. The van der Waals surface area contributed by atoms with Crippen LogP contribution in [0.1, 0.15) is 18.1 Å². The minimum atomic E-state index is 0.629. The molecule has 0 heterocycles. The maximum atomic E-state index is 5.72. The van der Waals surface area contributed by atoms with Crippen LogP contribution in [-0.2, 0) is 13.0 Å². The summed E-state index contributed by atoms with van der Waals surface area (Å²) in [4.78, 5) is 2.38. The molecule has 0 saturated heterocycles. The summed E-state index contributed by atoms with van der Waals surface area (Å²) in [6.45, 7) is 9.68. The molecule has 0 saturated carbocycles. The van der Waals surface area contributed by atoms with E-state index in [4.69, 9.17) is 5.73 Å². The molecule has 16 heavy (non-hydrogen) atoms. The van der Waals surface area contributed by atoms with Crippen molar-refractivity contribution in [1.29, 1.82) is 0 Å². The van der Waals surface area contributed by atoms with Crippen molar-refractivity contribution in [3.63, 3.8) is 0 Å². The van der Waals surface area contributed by atoms with Crippen molar-refractivity contribution in [2.75, 3.05) is 19.6 Å². The highest BCUT2D eigenvalue weighted by molar-refractivity contribution is 5.27. The zero-order valence-electron chi connectivity index (χ0n) is 10.2. The third kappa shape index (κ3) is 3.80. The quantitative estimate of drug-likeness (QED) is 0.711. The molecular weight excluding hydrogens is 196 g/mol. The summed E-state index contributed by atoms with van der Waals surface area (Å²) in [6, 6.07) is 8.41. The summed E-state index contributed by atoms with van der Waals surface area (Å²) in [5.74, 6) is 0. The first-order valence-corrected chi connectivity index (χ1v) is 5.91. The van der Waals surface area contributed by atoms with Crippen LogP contribution in [0.2, 0.25) is 0 Å². The van der Waals surface area contributed by atoms with Crippen molar-refractivity contribution in [1.82, 2.24) is 4.90 Å². The lowest BCUT2D eigenvalue weighted by Gasteiger charge is -2.19. The smallest absolute Gasteiger partial charge is 0.0180 e. The van der Waals surface area contributed by atoms with Gasteiger partial charge in [-0.15, -0.1) is 6.58 Å². The highest BCUT2D eigenvalue weighted by Gasteiger charge is 2.03. The maximum Gasteiger partial charge on any atom is 0.0180 e. The minimum Gasteiger partial charge on any atom is -0.326 e. The first kappa shape index (κ1) is 12.9. The number of hydrogen-bond acceptors (Lipinski definition) is 2. The first-order chi connectivity index (χ1) is 7.81. The van der Waals surface area contributed by atoms with Gasteiger partial charge in [-0.1, -0.05) is 37.3 Å². The highest BCUT2D eigenvalue weighted by Crippen LogP contribution is 2.09. The normalized spacial score (nSPS) is 10.7. The van der Waals surface area contributed by atoms with Crippen molar-refractivity contribution >= 4 is 0 Å². The molecule has 0 atom stereocenters. The molecule has 0 aliphatic heterocycles. The first-order valence-electron chi connectivity index (χ1n) is 5.91. The Labute approximate surface area is 98.8 Å². The van der Waals surface area contributed by atoms with Gasteiger partial charge >= 0.3 is 0 Å². The SMILES string of the molecule is C=CCN(CC)CCc1ccccc1CN. The number of nitrogens with two attached hydrogens (primary N) is 1. The Morgan fingerprint density at radius 3 is 2.56 bits per heavy atom. The van der Waals surface area contributed by atoms with Gasteiger partial charge in [0.1, 0.15) is 0 Å².